The SMILES string of the molecule is O=[N+]([O-])c1cccc(CNc2ccc(F)cc2Br)c1F. The van der Waals surface area contributed by atoms with Gasteiger partial charge in [0, 0.05) is 28.3 Å². The highest BCUT2D eigenvalue weighted by atomic mass is 79.9. The molecule has 1 N–H and O–H groups in total. The lowest BCUT2D eigenvalue weighted by Crippen LogP contribution is -2.04. The van der Waals surface area contributed by atoms with Crippen molar-refractivity contribution in [1.82, 2.24) is 0 Å². The molecule has 0 aliphatic carbocycles. The maximum absolute atomic E-state index is 13.8. The molecule has 2 aromatic rings. The molecule has 2 rings (SSSR count). The second-order valence-corrected chi connectivity index (χ2v) is 4.84. The van der Waals surface area contributed by atoms with Gasteiger partial charge in [0.15, 0.2) is 0 Å². The molecule has 0 heterocycles. The zero-order valence-corrected chi connectivity index (χ0v) is 11.7. The van der Waals surface area contributed by atoms with Crippen LogP contribution < -0.4 is 5.32 Å². The summed E-state index contributed by atoms with van der Waals surface area (Å²) in [6.45, 7) is 0.0533. The van der Waals surface area contributed by atoms with E-state index in [0.717, 1.165) is 6.07 Å². The van der Waals surface area contributed by atoms with Gasteiger partial charge in [-0.1, -0.05) is 12.1 Å². The molecule has 0 unspecified atom stereocenters. The molecule has 20 heavy (non-hydrogen) atoms. The van der Waals surface area contributed by atoms with Crippen molar-refractivity contribution in [3.63, 3.8) is 0 Å². The van der Waals surface area contributed by atoms with Crippen LogP contribution in [-0.2, 0) is 6.54 Å². The Labute approximate surface area is 121 Å². The van der Waals surface area contributed by atoms with Crippen LogP contribution in [0.15, 0.2) is 40.9 Å². The van der Waals surface area contributed by atoms with Crippen LogP contribution in [0.1, 0.15) is 5.56 Å². The van der Waals surface area contributed by atoms with Crippen LogP contribution in [-0.4, -0.2) is 4.92 Å². The van der Waals surface area contributed by atoms with E-state index >= 15 is 0 Å². The number of nitrogens with zero attached hydrogens (tertiary/aromatic N) is 1. The number of benzene rings is 2. The first-order chi connectivity index (χ1) is 9.49. The Bertz CT molecular complexity index is 665. The maximum atomic E-state index is 13.8. The molecule has 0 spiro atoms. The van der Waals surface area contributed by atoms with Crippen molar-refractivity contribution in [2.24, 2.45) is 0 Å². The van der Waals surface area contributed by atoms with Gasteiger partial charge < -0.3 is 5.32 Å². The average Bonchev–Trinajstić information content (AvgIpc) is 2.39. The molecular weight excluding hydrogens is 334 g/mol. The third-order valence-electron chi connectivity index (χ3n) is 2.66. The van der Waals surface area contributed by atoms with Gasteiger partial charge in [0.1, 0.15) is 5.82 Å². The number of hydrogen-bond acceptors (Lipinski definition) is 3. The van der Waals surface area contributed by atoms with Gasteiger partial charge in [0.25, 0.3) is 0 Å². The Hall–Kier alpha value is -2.02. The number of hydrogen-bond donors (Lipinski definition) is 1. The Morgan fingerprint density at radius 2 is 2.00 bits per heavy atom. The molecule has 0 aliphatic rings. The van der Waals surface area contributed by atoms with Crippen molar-refractivity contribution in [1.29, 1.82) is 0 Å². The predicted octanol–water partition coefficient (Wildman–Crippen LogP) is 4.25. The monoisotopic (exact) mass is 342 g/mol. The molecule has 0 aromatic heterocycles. The van der Waals surface area contributed by atoms with Gasteiger partial charge in [-0.2, -0.15) is 4.39 Å². The topological polar surface area (TPSA) is 55.2 Å². The number of rotatable bonds is 4. The molecule has 104 valence electrons. The zero-order chi connectivity index (χ0) is 14.7. The molecule has 0 atom stereocenters. The quantitative estimate of drug-likeness (QED) is 0.667. The van der Waals surface area contributed by atoms with E-state index in [-0.39, 0.29) is 12.1 Å². The molecule has 0 radical (unpaired) electrons. The van der Waals surface area contributed by atoms with Crippen molar-refractivity contribution >= 4 is 27.3 Å². The second kappa shape index (κ2) is 5.96. The number of nitro benzene ring substituents is 1. The van der Waals surface area contributed by atoms with Crippen molar-refractivity contribution in [3.05, 3.63) is 68.2 Å². The summed E-state index contributed by atoms with van der Waals surface area (Å²) < 4.78 is 27.3. The molecule has 4 nitrogen and oxygen atoms in total. The van der Waals surface area contributed by atoms with Crippen molar-refractivity contribution in [2.45, 2.75) is 6.54 Å². The third kappa shape index (κ3) is 3.11. The van der Waals surface area contributed by atoms with E-state index in [1.54, 1.807) is 0 Å². The van der Waals surface area contributed by atoms with E-state index in [4.69, 9.17) is 0 Å². The van der Waals surface area contributed by atoms with E-state index in [1.165, 1.54) is 30.3 Å². The molecule has 2 aromatic carbocycles. The highest BCUT2D eigenvalue weighted by molar-refractivity contribution is 9.10. The molecule has 0 fully saturated rings. The van der Waals surface area contributed by atoms with E-state index in [9.17, 15) is 18.9 Å². The highest BCUT2D eigenvalue weighted by Gasteiger charge is 2.16. The summed E-state index contributed by atoms with van der Waals surface area (Å²) in [6.07, 6.45) is 0. The number of halogens is 3. The lowest BCUT2D eigenvalue weighted by Gasteiger charge is -2.09. The lowest BCUT2D eigenvalue weighted by molar-refractivity contribution is -0.387. The lowest BCUT2D eigenvalue weighted by atomic mass is 10.2. The predicted molar refractivity (Wildman–Crippen MR) is 74.5 cm³/mol. The van der Waals surface area contributed by atoms with Gasteiger partial charge in [-0.3, -0.25) is 10.1 Å². The summed E-state index contributed by atoms with van der Waals surface area (Å²) in [5, 5.41) is 13.5. The van der Waals surface area contributed by atoms with Gasteiger partial charge in [0.2, 0.25) is 5.82 Å². The molecular formula is C13H9BrF2N2O2. The zero-order valence-electron chi connectivity index (χ0n) is 10.1. The van der Waals surface area contributed by atoms with E-state index in [2.05, 4.69) is 21.2 Å². The fraction of sp³-hybridized carbons (Fsp3) is 0.0769. The second-order valence-electron chi connectivity index (χ2n) is 3.99. The number of nitrogens with one attached hydrogen (secondary N) is 1. The first-order valence-corrected chi connectivity index (χ1v) is 6.39. The summed E-state index contributed by atoms with van der Waals surface area (Å²) in [5.74, 6) is -1.27. The van der Waals surface area contributed by atoms with E-state index < -0.39 is 22.2 Å². The first-order valence-electron chi connectivity index (χ1n) is 5.59. The smallest absolute Gasteiger partial charge is 0.305 e. The van der Waals surface area contributed by atoms with Crippen LogP contribution in [0, 0.1) is 21.7 Å². The molecule has 0 saturated heterocycles. The van der Waals surface area contributed by atoms with Crippen LogP contribution in [0.4, 0.5) is 20.2 Å². The normalized spacial score (nSPS) is 10.3. The molecule has 7 heteroatoms. The minimum atomic E-state index is -0.872. The Morgan fingerprint density at radius 1 is 1.25 bits per heavy atom. The summed E-state index contributed by atoms with van der Waals surface area (Å²) in [4.78, 5) is 9.86. The van der Waals surface area contributed by atoms with Gasteiger partial charge in [-0.15, -0.1) is 0 Å². The average molecular weight is 343 g/mol. The Morgan fingerprint density at radius 3 is 2.65 bits per heavy atom. The van der Waals surface area contributed by atoms with Crippen molar-refractivity contribution in [2.75, 3.05) is 5.32 Å². The van der Waals surface area contributed by atoms with Crippen LogP contribution in [0.2, 0.25) is 0 Å². The number of nitro groups is 1. The van der Waals surface area contributed by atoms with Crippen molar-refractivity contribution < 1.29 is 13.7 Å². The first kappa shape index (κ1) is 14.4. The molecule has 0 saturated carbocycles. The van der Waals surface area contributed by atoms with Crippen LogP contribution in [0.5, 0.6) is 0 Å². The third-order valence-corrected chi connectivity index (χ3v) is 3.31. The molecule has 0 aliphatic heterocycles. The Kier molecular flexibility index (Phi) is 4.29. The molecule has 0 bridgehead atoms. The van der Waals surface area contributed by atoms with Gasteiger partial charge in [0.05, 0.1) is 4.92 Å². The fourth-order valence-corrected chi connectivity index (χ4v) is 2.16. The van der Waals surface area contributed by atoms with E-state index in [0.29, 0.717) is 10.2 Å². The van der Waals surface area contributed by atoms with Gasteiger partial charge >= 0.3 is 5.69 Å². The largest absolute Gasteiger partial charge is 0.380 e. The fourth-order valence-electron chi connectivity index (χ4n) is 1.67. The van der Waals surface area contributed by atoms with Crippen molar-refractivity contribution in [3.8, 4) is 0 Å². The Balaban J connectivity index is 2.19. The van der Waals surface area contributed by atoms with Gasteiger partial charge in [-0.25, -0.2) is 4.39 Å². The standard InChI is InChI=1S/C13H9BrF2N2O2/c14-10-6-9(15)4-5-11(10)17-7-8-2-1-3-12(13(8)16)18(19)20/h1-6,17H,7H2. The van der Waals surface area contributed by atoms with Crippen LogP contribution in [0.25, 0.3) is 0 Å². The number of anilines is 1. The minimum Gasteiger partial charge on any atom is -0.380 e. The van der Waals surface area contributed by atoms with E-state index in [1.807, 2.05) is 0 Å². The summed E-state index contributed by atoms with van der Waals surface area (Å²) in [5.41, 5.74) is 0.162. The maximum Gasteiger partial charge on any atom is 0.305 e. The van der Waals surface area contributed by atoms with Crippen LogP contribution in [0.3, 0.4) is 0 Å². The summed E-state index contributed by atoms with van der Waals surface area (Å²) in [7, 11) is 0. The minimum absolute atomic E-state index is 0.0533. The van der Waals surface area contributed by atoms with Gasteiger partial charge in [-0.05, 0) is 34.1 Å². The van der Waals surface area contributed by atoms with Crippen LogP contribution >= 0.6 is 15.9 Å². The molecule has 0 amide bonds. The summed E-state index contributed by atoms with van der Waals surface area (Å²) >= 11 is 3.17. The summed E-state index contributed by atoms with van der Waals surface area (Å²) in [6, 6.07) is 8.00. The highest BCUT2D eigenvalue weighted by Crippen LogP contribution is 2.25.